The largest absolute Gasteiger partial charge is 0.325 e. The number of aryl methyl sites for hydroxylation is 2. The summed E-state index contributed by atoms with van der Waals surface area (Å²) < 4.78 is 0. The topological polar surface area (TPSA) is 41.1 Å². The molecule has 2 aromatic rings. The van der Waals surface area contributed by atoms with Crippen LogP contribution in [0.5, 0.6) is 0 Å². The maximum atomic E-state index is 12.0. The molecular weight excluding hydrogens is 260 g/mol. The van der Waals surface area contributed by atoms with Crippen LogP contribution in [0.1, 0.15) is 23.6 Å². The van der Waals surface area contributed by atoms with Gasteiger partial charge in [-0.25, -0.2) is 0 Å². The molecule has 0 atom stereocenters. The molecule has 21 heavy (non-hydrogen) atoms. The van der Waals surface area contributed by atoms with Crippen LogP contribution >= 0.6 is 0 Å². The zero-order chi connectivity index (χ0) is 15.1. The summed E-state index contributed by atoms with van der Waals surface area (Å²) in [7, 11) is 0. The van der Waals surface area contributed by atoms with Gasteiger partial charge in [-0.2, -0.15) is 0 Å². The number of anilines is 1. The molecule has 1 amide bonds. The maximum absolute atomic E-state index is 12.0. The lowest BCUT2D eigenvalue weighted by molar-refractivity contribution is -0.115. The van der Waals surface area contributed by atoms with E-state index >= 15 is 0 Å². The van der Waals surface area contributed by atoms with E-state index in [0.29, 0.717) is 13.1 Å². The van der Waals surface area contributed by atoms with E-state index in [4.69, 9.17) is 0 Å². The molecule has 0 aromatic heterocycles. The average Bonchev–Trinajstić information content (AvgIpc) is 2.48. The second kappa shape index (κ2) is 7.60. The fourth-order valence-corrected chi connectivity index (χ4v) is 2.29. The maximum Gasteiger partial charge on any atom is 0.238 e. The van der Waals surface area contributed by atoms with E-state index in [9.17, 15) is 4.79 Å². The normalized spacial score (nSPS) is 10.4. The molecule has 2 aromatic carbocycles. The van der Waals surface area contributed by atoms with Crippen molar-refractivity contribution in [3.63, 3.8) is 0 Å². The van der Waals surface area contributed by atoms with Crippen molar-refractivity contribution in [3.05, 3.63) is 65.2 Å². The van der Waals surface area contributed by atoms with E-state index in [2.05, 4.69) is 42.7 Å². The van der Waals surface area contributed by atoms with Gasteiger partial charge in [0.15, 0.2) is 0 Å². The molecule has 0 unspecified atom stereocenters. The van der Waals surface area contributed by atoms with E-state index in [1.165, 1.54) is 11.1 Å². The molecule has 0 fully saturated rings. The van der Waals surface area contributed by atoms with Gasteiger partial charge in [-0.1, -0.05) is 55.0 Å². The fourth-order valence-electron chi connectivity index (χ4n) is 2.29. The van der Waals surface area contributed by atoms with Crippen LogP contribution in [0.25, 0.3) is 0 Å². The van der Waals surface area contributed by atoms with E-state index < -0.39 is 0 Å². The van der Waals surface area contributed by atoms with Gasteiger partial charge in [0, 0.05) is 12.2 Å². The van der Waals surface area contributed by atoms with Crippen molar-refractivity contribution in [2.75, 3.05) is 11.9 Å². The van der Waals surface area contributed by atoms with Crippen LogP contribution in [0.3, 0.4) is 0 Å². The lowest BCUT2D eigenvalue weighted by Crippen LogP contribution is -2.28. The Hall–Kier alpha value is -2.13. The Balaban J connectivity index is 1.82. The van der Waals surface area contributed by atoms with Crippen molar-refractivity contribution in [1.29, 1.82) is 0 Å². The fraction of sp³-hybridized carbons (Fsp3) is 0.278. The lowest BCUT2D eigenvalue weighted by Gasteiger charge is -2.10. The number of carbonyl (C=O) groups is 1. The predicted molar refractivity (Wildman–Crippen MR) is 87.3 cm³/mol. The first-order valence-corrected chi connectivity index (χ1v) is 7.33. The minimum absolute atomic E-state index is 0.0106. The highest BCUT2D eigenvalue weighted by Crippen LogP contribution is 2.14. The number of benzene rings is 2. The van der Waals surface area contributed by atoms with Crippen LogP contribution < -0.4 is 10.6 Å². The highest BCUT2D eigenvalue weighted by molar-refractivity contribution is 5.92. The minimum atomic E-state index is -0.0106. The van der Waals surface area contributed by atoms with Crippen molar-refractivity contribution in [2.45, 2.75) is 26.8 Å². The Kier molecular flexibility index (Phi) is 5.52. The molecule has 0 spiro atoms. The van der Waals surface area contributed by atoms with E-state index in [1.807, 2.05) is 30.3 Å². The smallest absolute Gasteiger partial charge is 0.238 e. The number of carbonyl (C=O) groups excluding carboxylic acids is 1. The van der Waals surface area contributed by atoms with Gasteiger partial charge in [-0.15, -0.1) is 0 Å². The van der Waals surface area contributed by atoms with Gasteiger partial charge >= 0.3 is 0 Å². The molecule has 0 saturated heterocycles. The van der Waals surface area contributed by atoms with Gasteiger partial charge in [0.2, 0.25) is 5.91 Å². The van der Waals surface area contributed by atoms with Crippen LogP contribution in [-0.2, 0) is 17.8 Å². The van der Waals surface area contributed by atoms with Crippen molar-refractivity contribution >= 4 is 11.6 Å². The summed E-state index contributed by atoms with van der Waals surface area (Å²) in [5.41, 5.74) is 4.49. The molecule has 0 aliphatic rings. The predicted octanol–water partition coefficient (Wildman–Crippen LogP) is 3.29. The van der Waals surface area contributed by atoms with Crippen LogP contribution in [0.15, 0.2) is 48.5 Å². The summed E-state index contributed by atoms with van der Waals surface area (Å²) in [5.74, 6) is -0.0106. The number of hydrogen-bond acceptors (Lipinski definition) is 2. The van der Waals surface area contributed by atoms with E-state index in [0.717, 1.165) is 17.7 Å². The molecule has 110 valence electrons. The Morgan fingerprint density at radius 2 is 1.90 bits per heavy atom. The van der Waals surface area contributed by atoms with Gasteiger partial charge in [0.05, 0.1) is 6.54 Å². The number of para-hydroxylation sites is 1. The van der Waals surface area contributed by atoms with Crippen molar-refractivity contribution in [1.82, 2.24) is 5.32 Å². The summed E-state index contributed by atoms with van der Waals surface area (Å²) in [6, 6.07) is 16.2. The summed E-state index contributed by atoms with van der Waals surface area (Å²) in [6.45, 7) is 5.16. The summed E-state index contributed by atoms with van der Waals surface area (Å²) >= 11 is 0. The molecule has 0 aliphatic heterocycles. The Labute approximate surface area is 126 Å². The van der Waals surface area contributed by atoms with Gasteiger partial charge in [0.1, 0.15) is 0 Å². The third kappa shape index (κ3) is 4.72. The third-order valence-corrected chi connectivity index (χ3v) is 3.37. The molecule has 3 nitrogen and oxygen atoms in total. The number of rotatable bonds is 6. The van der Waals surface area contributed by atoms with Crippen molar-refractivity contribution < 1.29 is 4.79 Å². The van der Waals surface area contributed by atoms with E-state index in [-0.39, 0.29) is 5.91 Å². The molecule has 0 heterocycles. The molecule has 2 N–H and O–H groups in total. The van der Waals surface area contributed by atoms with Gasteiger partial charge in [-0.3, -0.25) is 4.79 Å². The first-order chi connectivity index (χ1) is 10.2. The summed E-state index contributed by atoms with van der Waals surface area (Å²) in [5, 5.41) is 6.13. The Morgan fingerprint density at radius 3 is 2.67 bits per heavy atom. The molecule has 0 radical (unpaired) electrons. The van der Waals surface area contributed by atoms with Gasteiger partial charge in [-0.05, 0) is 30.5 Å². The second-order valence-electron chi connectivity index (χ2n) is 5.15. The standard InChI is InChI=1S/C18H22N2O/c1-3-16-9-4-5-10-17(16)20-18(21)13-19-12-15-8-6-7-14(2)11-15/h4-11,19H,3,12-13H2,1-2H3,(H,20,21). The SMILES string of the molecule is CCc1ccccc1NC(=O)CNCc1cccc(C)c1. The van der Waals surface area contributed by atoms with Crippen LogP contribution in [0.4, 0.5) is 5.69 Å². The third-order valence-electron chi connectivity index (χ3n) is 3.37. The van der Waals surface area contributed by atoms with Crippen LogP contribution in [-0.4, -0.2) is 12.5 Å². The zero-order valence-electron chi connectivity index (χ0n) is 12.6. The van der Waals surface area contributed by atoms with Crippen molar-refractivity contribution in [2.24, 2.45) is 0 Å². The number of nitrogens with one attached hydrogen (secondary N) is 2. The summed E-state index contributed by atoms with van der Waals surface area (Å²) in [6.07, 6.45) is 0.910. The molecule has 0 aliphatic carbocycles. The molecule has 0 bridgehead atoms. The monoisotopic (exact) mass is 282 g/mol. The first-order valence-electron chi connectivity index (χ1n) is 7.33. The second-order valence-corrected chi connectivity index (χ2v) is 5.15. The average molecular weight is 282 g/mol. The van der Waals surface area contributed by atoms with Gasteiger partial charge in [0.25, 0.3) is 0 Å². The summed E-state index contributed by atoms with van der Waals surface area (Å²) in [4.78, 5) is 12.0. The molecule has 3 heteroatoms. The van der Waals surface area contributed by atoms with E-state index in [1.54, 1.807) is 0 Å². The van der Waals surface area contributed by atoms with Crippen LogP contribution in [0.2, 0.25) is 0 Å². The highest BCUT2D eigenvalue weighted by Gasteiger charge is 2.05. The first kappa shape index (κ1) is 15.3. The lowest BCUT2D eigenvalue weighted by atomic mass is 10.1. The highest BCUT2D eigenvalue weighted by atomic mass is 16.1. The molecule has 2 rings (SSSR count). The van der Waals surface area contributed by atoms with Crippen LogP contribution in [0, 0.1) is 6.92 Å². The number of hydrogen-bond donors (Lipinski definition) is 2. The quantitative estimate of drug-likeness (QED) is 0.853. The molecule has 0 saturated carbocycles. The Morgan fingerprint density at radius 1 is 1.10 bits per heavy atom. The van der Waals surface area contributed by atoms with Gasteiger partial charge < -0.3 is 10.6 Å². The zero-order valence-corrected chi connectivity index (χ0v) is 12.6. The minimum Gasteiger partial charge on any atom is -0.325 e. The number of amides is 1. The van der Waals surface area contributed by atoms with Crippen molar-refractivity contribution in [3.8, 4) is 0 Å². The Bertz CT molecular complexity index is 608. The molecular formula is C18H22N2O.